The fourth-order valence-electron chi connectivity index (χ4n) is 1.73. The molecule has 20 heavy (non-hydrogen) atoms. The van der Waals surface area contributed by atoms with Crippen LogP contribution in [0.15, 0.2) is 55.3 Å². The number of rotatable bonds is 4. The Labute approximate surface area is 118 Å². The smallest absolute Gasteiger partial charge is 0.308 e. The van der Waals surface area contributed by atoms with Crippen molar-refractivity contribution in [3.05, 3.63) is 66.5 Å². The van der Waals surface area contributed by atoms with E-state index in [2.05, 4.69) is 22.2 Å². The van der Waals surface area contributed by atoms with Crippen LogP contribution in [0.5, 0.6) is 0 Å². The molecular formula is C16H17N3O. The van der Waals surface area contributed by atoms with E-state index < -0.39 is 0 Å². The number of allylic oxidation sites excluding steroid dienone is 1. The molecule has 4 nitrogen and oxygen atoms in total. The van der Waals surface area contributed by atoms with Crippen molar-refractivity contribution < 1.29 is 4.79 Å². The Morgan fingerprint density at radius 2 is 1.80 bits per heavy atom. The van der Waals surface area contributed by atoms with Gasteiger partial charge in [0, 0.05) is 11.4 Å². The number of benzene rings is 1. The minimum atomic E-state index is -0.285. The molecule has 2 amide bonds. The molecule has 0 bridgehead atoms. The molecule has 0 atom stereocenters. The first-order valence-corrected chi connectivity index (χ1v) is 6.38. The number of aromatic nitrogens is 1. The predicted molar refractivity (Wildman–Crippen MR) is 82.0 cm³/mol. The van der Waals surface area contributed by atoms with Crippen LogP contribution in [0.25, 0.3) is 0 Å². The lowest BCUT2D eigenvalue weighted by molar-refractivity contribution is 0.262. The second-order valence-corrected chi connectivity index (χ2v) is 4.46. The Hall–Kier alpha value is -2.62. The van der Waals surface area contributed by atoms with Gasteiger partial charge >= 0.3 is 6.03 Å². The third-order valence-corrected chi connectivity index (χ3v) is 2.76. The molecule has 2 N–H and O–H groups in total. The third kappa shape index (κ3) is 3.95. The zero-order valence-electron chi connectivity index (χ0n) is 11.4. The average molecular weight is 267 g/mol. The van der Waals surface area contributed by atoms with Crippen molar-refractivity contribution in [2.45, 2.75) is 13.3 Å². The van der Waals surface area contributed by atoms with Gasteiger partial charge in [-0.25, -0.2) is 4.79 Å². The molecule has 2 aromatic rings. The van der Waals surface area contributed by atoms with Crippen LogP contribution in [-0.2, 0) is 6.42 Å². The second kappa shape index (κ2) is 6.52. The van der Waals surface area contributed by atoms with Crippen LogP contribution in [0.1, 0.15) is 11.3 Å². The minimum Gasteiger partial charge on any atom is -0.308 e. The number of nitrogens with zero attached hydrogens (tertiary/aromatic N) is 1. The van der Waals surface area contributed by atoms with Crippen LogP contribution in [-0.4, -0.2) is 11.0 Å². The number of hydrogen-bond acceptors (Lipinski definition) is 2. The molecule has 4 heteroatoms. The van der Waals surface area contributed by atoms with Gasteiger partial charge in [0.1, 0.15) is 0 Å². The van der Waals surface area contributed by atoms with Gasteiger partial charge in [-0.1, -0.05) is 18.2 Å². The van der Waals surface area contributed by atoms with Gasteiger partial charge in [-0.2, -0.15) is 0 Å². The molecule has 0 saturated heterocycles. The highest BCUT2D eigenvalue weighted by molar-refractivity contribution is 5.99. The fraction of sp³-hybridized carbons (Fsp3) is 0.125. The molecule has 0 saturated carbocycles. The highest BCUT2D eigenvalue weighted by Gasteiger charge is 2.02. The Balaban J connectivity index is 1.93. The molecule has 0 aliphatic carbocycles. The lowest BCUT2D eigenvalue weighted by atomic mass is 10.1. The van der Waals surface area contributed by atoms with Crippen molar-refractivity contribution in [2.24, 2.45) is 0 Å². The van der Waals surface area contributed by atoms with E-state index in [0.717, 1.165) is 23.4 Å². The minimum absolute atomic E-state index is 0.285. The molecule has 2 rings (SSSR count). The number of anilines is 2. The van der Waals surface area contributed by atoms with E-state index >= 15 is 0 Å². The summed E-state index contributed by atoms with van der Waals surface area (Å²) in [5.74, 6) is 0. The lowest BCUT2D eigenvalue weighted by Crippen LogP contribution is -2.19. The Bertz CT molecular complexity index is 588. The first-order chi connectivity index (χ1) is 9.67. The molecule has 0 aliphatic heterocycles. The molecule has 1 aromatic heterocycles. The number of carbonyl (C=O) groups excluding carboxylic acids is 1. The normalized spacial score (nSPS) is 9.85. The van der Waals surface area contributed by atoms with E-state index in [4.69, 9.17) is 0 Å². The maximum Gasteiger partial charge on any atom is 0.323 e. The average Bonchev–Trinajstić information content (AvgIpc) is 2.44. The molecule has 0 spiro atoms. The number of amides is 2. The Morgan fingerprint density at radius 3 is 2.40 bits per heavy atom. The van der Waals surface area contributed by atoms with Crippen LogP contribution < -0.4 is 10.6 Å². The molecule has 0 unspecified atom stereocenters. The van der Waals surface area contributed by atoms with Gasteiger partial charge in [-0.05, 0) is 43.2 Å². The van der Waals surface area contributed by atoms with E-state index in [9.17, 15) is 4.79 Å². The Kier molecular flexibility index (Phi) is 4.50. The van der Waals surface area contributed by atoms with Crippen LogP contribution in [0, 0.1) is 6.92 Å². The van der Waals surface area contributed by atoms with Crippen LogP contribution in [0.4, 0.5) is 16.2 Å². The van der Waals surface area contributed by atoms with Crippen LogP contribution >= 0.6 is 0 Å². The highest BCUT2D eigenvalue weighted by atomic mass is 16.2. The largest absolute Gasteiger partial charge is 0.323 e. The number of pyridine rings is 1. The number of nitrogens with one attached hydrogen (secondary N) is 2. The van der Waals surface area contributed by atoms with Crippen LogP contribution in [0.2, 0.25) is 0 Å². The predicted octanol–water partition coefficient (Wildman–Crippen LogP) is 3.76. The van der Waals surface area contributed by atoms with Crippen molar-refractivity contribution >= 4 is 17.4 Å². The maximum absolute atomic E-state index is 11.8. The summed E-state index contributed by atoms with van der Waals surface area (Å²) in [4.78, 5) is 15.9. The van der Waals surface area contributed by atoms with E-state index in [1.165, 1.54) is 0 Å². The highest BCUT2D eigenvalue weighted by Crippen LogP contribution is 2.11. The van der Waals surface area contributed by atoms with Crippen molar-refractivity contribution in [1.29, 1.82) is 0 Å². The first kappa shape index (κ1) is 13.8. The van der Waals surface area contributed by atoms with Crippen molar-refractivity contribution in [1.82, 2.24) is 4.98 Å². The van der Waals surface area contributed by atoms with E-state index in [1.54, 1.807) is 6.20 Å². The quantitative estimate of drug-likeness (QED) is 0.829. The SMILES string of the molecule is C=CCc1ccc(NC(=O)Nc2ccc(C)nc2)cc1. The third-order valence-electron chi connectivity index (χ3n) is 2.76. The standard InChI is InChI=1S/C16H17N3O/c1-3-4-13-6-9-14(10-7-13)18-16(20)19-15-8-5-12(2)17-11-15/h3,5-11H,1,4H2,2H3,(H2,18,19,20). The summed E-state index contributed by atoms with van der Waals surface area (Å²) in [7, 11) is 0. The molecule has 102 valence electrons. The van der Waals surface area contributed by atoms with Crippen molar-refractivity contribution in [3.8, 4) is 0 Å². The summed E-state index contributed by atoms with van der Waals surface area (Å²) >= 11 is 0. The topological polar surface area (TPSA) is 54.0 Å². The van der Waals surface area contributed by atoms with Crippen molar-refractivity contribution in [3.63, 3.8) is 0 Å². The van der Waals surface area contributed by atoms with Crippen molar-refractivity contribution in [2.75, 3.05) is 10.6 Å². The van der Waals surface area contributed by atoms with E-state index in [0.29, 0.717) is 5.69 Å². The number of hydrogen-bond donors (Lipinski definition) is 2. The number of urea groups is 1. The van der Waals surface area contributed by atoms with Gasteiger partial charge in [-0.15, -0.1) is 6.58 Å². The Morgan fingerprint density at radius 1 is 1.15 bits per heavy atom. The van der Waals surface area contributed by atoms with Gasteiger partial charge < -0.3 is 10.6 Å². The molecular weight excluding hydrogens is 250 g/mol. The van der Waals surface area contributed by atoms with Gasteiger partial charge in [0.2, 0.25) is 0 Å². The summed E-state index contributed by atoms with van der Waals surface area (Å²) in [6, 6.07) is 11.0. The monoisotopic (exact) mass is 267 g/mol. The zero-order valence-corrected chi connectivity index (χ0v) is 11.4. The summed E-state index contributed by atoms with van der Waals surface area (Å²) in [6.07, 6.45) is 4.29. The summed E-state index contributed by atoms with van der Waals surface area (Å²) in [5, 5.41) is 5.50. The number of carbonyl (C=O) groups is 1. The number of aryl methyl sites for hydroxylation is 1. The van der Waals surface area contributed by atoms with Crippen LogP contribution in [0.3, 0.4) is 0 Å². The molecule has 0 fully saturated rings. The molecule has 0 aliphatic rings. The molecule has 0 radical (unpaired) electrons. The summed E-state index contributed by atoms with van der Waals surface area (Å²) in [6.45, 7) is 5.59. The summed E-state index contributed by atoms with van der Waals surface area (Å²) in [5.41, 5.74) is 3.48. The van der Waals surface area contributed by atoms with Gasteiger partial charge in [-0.3, -0.25) is 4.98 Å². The van der Waals surface area contributed by atoms with Gasteiger partial charge in [0.15, 0.2) is 0 Å². The zero-order chi connectivity index (χ0) is 14.4. The maximum atomic E-state index is 11.8. The van der Waals surface area contributed by atoms with Gasteiger partial charge in [0.05, 0.1) is 11.9 Å². The first-order valence-electron chi connectivity index (χ1n) is 6.38. The van der Waals surface area contributed by atoms with E-state index in [1.807, 2.05) is 49.4 Å². The molecule has 1 aromatic carbocycles. The fourth-order valence-corrected chi connectivity index (χ4v) is 1.73. The van der Waals surface area contributed by atoms with Gasteiger partial charge in [0.25, 0.3) is 0 Å². The summed E-state index contributed by atoms with van der Waals surface area (Å²) < 4.78 is 0. The molecule has 1 heterocycles. The van der Waals surface area contributed by atoms with E-state index in [-0.39, 0.29) is 6.03 Å². The lowest BCUT2D eigenvalue weighted by Gasteiger charge is -2.08. The second-order valence-electron chi connectivity index (χ2n) is 4.46.